The van der Waals surface area contributed by atoms with Crippen molar-refractivity contribution in [3.8, 4) is 0 Å². The first-order valence-corrected chi connectivity index (χ1v) is 5.65. The van der Waals surface area contributed by atoms with Crippen molar-refractivity contribution in [3.63, 3.8) is 0 Å². The molecule has 0 saturated carbocycles. The van der Waals surface area contributed by atoms with Gasteiger partial charge >= 0.3 is 5.76 Å². The first-order valence-electron chi connectivity index (χ1n) is 5.27. The minimum atomic E-state index is -0.300. The Balaban J connectivity index is 2.23. The van der Waals surface area contributed by atoms with E-state index in [9.17, 15) is 4.79 Å². The third kappa shape index (κ3) is 1.45. The van der Waals surface area contributed by atoms with E-state index in [1.54, 1.807) is 16.7 Å². The standard InChI is InChI=1S/C11H11ClN2O2/c12-7-1-2-9-10(5-7)16-11(15)14(9)8-3-4-13-6-8/h1-2,5,8,13H,3-4,6H2. The Bertz CT molecular complexity index is 581. The highest BCUT2D eigenvalue weighted by Crippen LogP contribution is 2.23. The van der Waals surface area contributed by atoms with Gasteiger partial charge in [-0.1, -0.05) is 11.6 Å². The third-order valence-electron chi connectivity index (χ3n) is 2.97. The van der Waals surface area contributed by atoms with Crippen LogP contribution in [0, 0.1) is 0 Å². The summed E-state index contributed by atoms with van der Waals surface area (Å²) in [5, 5.41) is 3.82. The molecule has 5 heteroatoms. The van der Waals surface area contributed by atoms with Crippen molar-refractivity contribution in [2.45, 2.75) is 12.5 Å². The van der Waals surface area contributed by atoms with Gasteiger partial charge in [-0.05, 0) is 25.1 Å². The van der Waals surface area contributed by atoms with E-state index in [0.717, 1.165) is 25.0 Å². The topological polar surface area (TPSA) is 47.2 Å². The van der Waals surface area contributed by atoms with Gasteiger partial charge in [0.25, 0.3) is 0 Å². The third-order valence-corrected chi connectivity index (χ3v) is 3.21. The minimum Gasteiger partial charge on any atom is -0.408 e. The molecule has 4 nitrogen and oxygen atoms in total. The Kier molecular flexibility index (Phi) is 2.26. The maximum atomic E-state index is 11.8. The summed E-state index contributed by atoms with van der Waals surface area (Å²) in [4.78, 5) is 11.8. The van der Waals surface area contributed by atoms with Crippen molar-refractivity contribution in [3.05, 3.63) is 33.8 Å². The molecular formula is C11H11ClN2O2. The summed E-state index contributed by atoms with van der Waals surface area (Å²) < 4.78 is 6.90. The summed E-state index contributed by atoms with van der Waals surface area (Å²) in [7, 11) is 0. The van der Waals surface area contributed by atoms with E-state index in [4.69, 9.17) is 16.0 Å². The smallest absolute Gasteiger partial charge is 0.408 e. The molecular weight excluding hydrogens is 228 g/mol. The summed E-state index contributed by atoms with van der Waals surface area (Å²) in [5.74, 6) is -0.300. The molecule has 0 radical (unpaired) electrons. The molecule has 1 unspecified atom stereocenters. The fraction of sp³-hybridized carbons (Fsp3) is 0.364. The van der Waals surface area contributed by atoms with Crippen LogP contribution in [-0.2, 0) is 0 Å². The molecule has 1 fully saturated rings. The molecule has 1 aliphatic heterocycles. The number of oxazole rings is 1. The lowest BCUT2D eigenvalue weighted by atomic mass is 10.2. The SMILES string of the molecule is O=c1oc2cc(Cl)ccc2n1C1CCNC1. The van der Waals surface area contributed by atoms with Crippen LogP contribution in [0.4, 0.5) is 0 Å². The molecule has 0 amide bonds. The Hall–Kier alpha value is -1.26. The number of nitrogens with zero attached hydrogens (tertiary/aromatic N) is 1. The highest BCUT2D eigenvalue weighted by Gasteiger charge is 2.21. The van der Waals surface area contributed by atoms with Crippen LogP contribution in [0.2, 0.25) is 5.02 Å². The number of nitrogens with one attached hydrogen (secondary N) is 1. The maximum Gasteiger partial charge on any atom is 0.420 e. The normalized spacial score (nSPS) is 20.7. The van der Waals surface area contributed by atoms with Gasteiger partial charge in [-0.3, -0.25) is 4.57 Å². The predicted octanol–water partition coefficient (Wildman–Crippen LogP) is 1.78. The van der Waals surface area contributed by atoms with Crippen molar-refractivity contribution in [1.29, 1.82) is 0 Å². The summed E-state index contributed by atoms with van der Waals surface area (Å²) in [6.07, 6.45) is 0.956. The number of hydrogen-bond donors (Lipinski definition) is 1. The summed E-state index contributed by atoms with van der Waals surface area (Å²) in [6, 6.07) is 5.48. The number of fused-ring (bicyclic) bond motifs is 1. The lowest BCUT2D eigenvalue weighted by Crippen LogP contribution is -2.22. The van der Waals surface area contributed by atoms with Gasteiger partial charge in [0.05, 0.1) is 11.6 Å². The highest BCUT2D eigenvalue weighted by molar-refractivity contribution is 6.31. The Morgan fingerprint density at radius 3 is 3.12 bits per heavy atom. The van der Waals surface area contributed by atoms with E-state index in [0.29, 0.717) is 10.6 Å². The monoisotopic (exact) mass is 238 g/mol. The fourth-order valence-electron chi connectivity index (χ4n) is 2.22. The van der Waals surface area contributed by atoms with Crippen LogP contribution in [0.25, 0.3) is 11.1 Å². The second kappa shape index (κ2) is 3.64. The predicted molar refractivity (Wildman–Crippen MR) is 62.0 cm³/mol. The van der Waals surface area contributed by atoms with Crippen LogP contribution in [0.3, 0.4) is 0 Å². The molecule has 1 saturated heterocycles. The second-order valence-electron chi connectivity index (χ2n) is 4.00. The molecule has 16 heavy (non-hydrogen) atoms. The minimum absolute atomic E-state index is 0.190. The molecule has 0 aliphatic carbocycles. The molecule has 1 N–H and O–H groups in total. The molecule has 1 aromatic heterocycles. The average Bonchev–Trinajstić information content (AvgIpc) is 2.83. The molecule has 1 atom stereocenters. The van der Waals surface area contributed by atoms with Crippen LogP contribution in [0.1, 0.15) is 12.5 Å². The van der Waals surface area contributed by atoms with Gasteiger partial charge in [0, 0.05) is 17.6 Å². The highest BCUT2D eigenvalue weighted by atomic mass is 35.5. The van der Waals surface area contributed by atoms with Gasteiger partial charge in [0.1, 0.15) is 0 Å². The van der Waals surface area contributed by atoms with Crippen LogP contribution >= 0.6 is 11.6 Å². The molecule has 0 bridgehead atoms. The van der Waals surface area contributed by atoms with Gasteiger partial charge in [-0.25, -0.2) is 4.79 Å². The van der Waals surface area contributed by atoms with Gasteiger partial charge < -0.3 is 9.73 Å². The van der Waals surface area contributed by atoms with Crippen molar-refractivity contribution >= 4 is 22.7 Å². The fourth-order valence-corrected chi connectivity index (χ4v) is 2.38. The molecule has 2 heterocycles. The van der Waals surface area contributed by atoms with Gasteiger partial charge in [-0.15, -0.1) is 0 Å². The largest absolute Gasteiger partial charge is 0.420 e. The van der Waals surface area contributed by atoms with Gasteiger partial charge in [0.15, 0.2) is 5.58 Å². The number of rotatable bonds is 1. The Morgan fingerprint density at radius 1 is 1.50 bits per heavy atom. The zero-order valence-electron chi connectivity index (χ0n) is 8.57. The van der Waals surface area contributed by atoms with E-state index in [1.807, 2.05) is 6.07 Å². The number of hydrogen-bond acceptors (Lipinski definition) is 3. The van der Waals surface area contributed by atoms with Crippen molar-refractivity contribution in [1.82, 2.24) is 9.88 Å². The molecule has 1 aliphatic rings. The summed E-state index contributed by atoms with van der Waals surface area (Å²) >= 11 is 5.86. The Labute approximate surface area is 96.8 Å². The maximum absolute atomic E-state index is 11.8. The lowest BCUT2D eigenvalue weighted by Gasteiger charge is -2.08. The summed E-state index contributed by atoms with van der Waals surface area (Å²) in [5.41, 5.74) is 1.38. The first kappa shape index (κ1) is 9.93. The zero-order chi connectivity index (χ0) is 11.1. The zero-order valence-corrected chi connectivity index (χ0v) is 9.33. The summed E-state index contributed by atoms with van der Waals surface area (Å²) in [6.45, 7) is 1.76. The Morgan fingerprint density at radius 2 is 2.38 bits per heavy atom. The van der Waals surface area contributed by atoms with Crippen molar-refractivity contribution in [2.24, 2.45) is 0 Å². The molecule has 0 spiro atoms. The van der Waals surface area contributed by atoms with Crippen molar-refractivity contribution in [2.75, 3.05) is 13.1 Å². The number of benzene rings is 1. The average molecular weight is 239 g/mol. The first-order chi connectivity index (χ1) is 7.75. The molecule has 3 rings (SSSR count). The molecule has 1 aromatic carbocycles. The van der Waals surface area contributed by atoms with Gasteiger partial charge in [-0.2, -0.15) is 0 Å². The lowest BCUT2D eigenvalue weighted by molar-refractivity contribution is 0.459. The second-order valence-corrected chi connectivity index (χ2v) is 4.43. The van der Waals surface area contributed by atoms with Crippen molar-refractivity contribution < 1.29 is 4.42 Å². The van der Waals surface area contributed by atoms with E-state index < -0.39 is 0 Å². The number of aromatic nitrogens is 1. The van der Waals surface area contributed by atoms with Crippen LogP contribution in [0.15, 0.2) is 27.4 Å². The van der Waals surface area contributed by atoms with Gasteiger partial charge in [0.2, 0.25) is 0 Å². The molecule has 2 aromatic rings. The quantitative estimate of drug-likeness (QED) is 0.824. The van der Waals surface area contributed by atoms with E-state index >= 15 is 0 Å². The number of halogens is 1. The van der Waals surface area contributed by atoms with Crippen LogP contribution < -0.4 is 11.1 Å². The molecule has 84 valence electrons. The van der Waals surface area contributed by atoms with E-state index in [-0.39, 0.29) is 11.8 Å². The van der Waals surface area contributed by atoms with E-state index in [2.05, 4.69) is 5.32 Å². The van der Waals surface area contributed by atoms with Crippen LogP contribution in [-0.4, -0.2) is 17.7 Å². The van der Waals surface area contributed by atoms with Crippen LogP contribution in [0.5, 0.6) is 0 Å². The van der Waals surface area contributed by atoms with E-state index in [1.165, 1.54) is 0 Å².